The number of nitrogens with one attached hydrogen (secondary N) is 1. The summed E-state index contributed by atoms with van der Waals surface area (Å²) in [6.07, 6.45) is 1.94. The maximum Gasteiger partial charge on any atom is 0.108 e. The molecule has 3 rings (SSSR count). The van der Waals surface area contributed by atoms with Gasteiger partial charge in [0, 0.05) is 37.4 Å². The number of rotatable bonds is 4. The fourth-order valence-corrected chi connectivity index (χ4v) is 3.26. The Morgan fingerprint density at radius 1 is 1.19 bits per heavy atom. The Labute approximate surface area is 134 Å². The van der Waals surface area contributed by atoms with Gasteiger partial charge in [-0.25, -0.2) is 15.4 Å². The van der Waals surface area contributed by atoms with Crippen LogP contribution in [0.2, 0.25) is 5.02 Å². The largest absolute Gasteiger partial charge is 0.304 e. The van der Waals surface area contributed by atoms with Gasteiger partial charge < -0.3 is 4.90 Å². The average molecular weight is 323 g/mol. The number of hydrogen-bond donors (Lipinski definition) is 1. The monoisotopic (exact) mass is 322 g/mol. The number of likely N-dealkylation sites (N-methyl/N-ethyl adjacent to an activating group) is 1. The van der Waals surface area contributed by atoms with Gasteiger partial charge in [-0.05, 0) is 24.7 Å². The predicted octanol–water partition coefficient (Wildman–Crippen LogP) is 2.72. The Balaban J connectivity index is 1.56. The lowest BCUT2D eigenvalue weighted by Gasteiger charge is -2.32. The highest BCUT2D eigenvalue weighted by molar-refractivity contribution is 7.15. The molecule has 4 nitrogen and oxygen atoms in total. The molecule has 112 valence electrons. The summed E-state index contributed by atoms with van der Waals surface area (Å²) in [5, 5.41) is 4.16. The summed E-state index contributed by atoms with van der Waals surface area (Å²) >= 11 is 7.65. The highest BCUT2D eigenvalue weighted by Crippen LogP contribution is 2.27. The van der Waals surface area contributed by atoms with E-state index in [0.717, 1.165) is 42.8 Å². The predicted molar refractivity (Wildman–Crippen MR) is 88.5 cm³/mol. The number of benzene rings is 1. The Bertz CT molecular complexity index is 576. The lowest BCUT2D eigenvalue weighted by atomic mass is 10.2. The fourth-order valence-electron chi connectivity index (χ4n) is 2.28. The van der Waals surface area contributed by atoms with E-state index in [2.05, 4.69) is 27.4 Å². The van der Waals surface area contributed by atoms with Crippen molar-refractivity contribution in [1.82, 2.24) is 20.3 Å². The van der Waals surface area contributed by atoms with Crippen LogP contribution >= 0.6 is 22.9 Å². The van der Waals surface area contributed by atoms with E-state index in [1.807, 2.05) is 30.5 Å². The molecular formula is C15H19ClN4S. The summed E-state index contributed by atoms with van der Waals surface area (Å²) in [7, 11) is 2.16. The summed E-state index contributed by atoms with van der Waals surface area (Å²) < 4.78 is 0. The molecule has 1 fully saturated rings. The molecule has 1 aliphatic rings. The van der Waals surface area contributed by atoms with Crippen molar-refractivity contribution in [1.29, 1.82) is 0 Å². The zero-order valence-electron chi connectivity index (χ0n) is 12.1. The van der Waals surface area contributed by atoms with Gasteiger partial charge in [-0.1, -0.05) is 23.7 Å². The van der Waals surface area contributed by atoms with Gasteiger partial charge in [-0.2, -0.15) is 0 Å². The first kappa shape index (κ1) is 14.9. The lowest BCUT2D eigenvalue weighted by molar-refractivity contribution is 0.102. The number of hydrazine groups is 1. The second-order valence-corrected chi connectivity index (χ2v) is 6.80. The first-order chi connectivity index (χ1) is 10.2. The number of thiazole rings is 1. The molecule has 0 unspecified atom stereocenters. The van der Waals surface area contributed by atoms with Crippen molar-refractivity contribution in [2.24, 2.45) is 0 Å². The number of hydrogen-bond acceptors (Lipinski definition) is 5. The summed E-state index contributed by atoms with van der Waals surface area (Å²) in [5.41, 5.74) is 4.64. The van der Waals surface area contributed by atoms with Gasteiger partial charge in [0.25, 0.3) is 0 Å². The SMILES string of the molecule is CN1CCN(NCc2ncc(-c3ccc(Cl)cc3)s2)CC1. The van der Waals surface area contributed by atoms with Crippen LogP contribution < -0.4 is 5.43 Å². The molecule has 0 amide bonds. The molecule has 1 aromatic heterocycles. The van der Waals surface area contributed by atoms with Crippen LogP contribution in [-0.2, 0) is 6.54 Å². The molecule has 0 atom stereocenters. The third kappa shape index (κ3) is 4.02. The number of halogens is 1. The summed E-state index contributed by atoms with van der Waals surface area (Å²) in [4.78, 5) is 8.03. The molecule has 1 saturated heterocycles. The number of piperazine rings is 1. The molecule has 1 N–H and O–H groups in total. The minimum Gasteiger partial charge on any atom is -0.304 e. The first-order valence-electron chi connectivity index (χ1n) is 7.08. The minimum absolute atomic E-state index is 0.764. The topological polar surface area (TPSA) is 31.4 Å². The number of aromatic nitrogens is 1. The highest BCUT2D eigenvalue weighted by Gasteiger charge is 2.13. The Morgan fingerprint density at radius 3 is 2.62 bits per heavy atom. The van der Waals surface area contributed by atoms with Crippen LogP contribution in [0.5, 0.6) is 0 Å². The van der Waals surface area contributed by atoms with Crippen LogP contribution in [0, 0.1) is 0 Å². The molecule has 2 aromatic rings. The van der Waals surface area contributed by atoms with E-state index in [9.17, 15) is 0 Å². The molecule has 0 bridgehead atoms. The lowest BCUT2D eigenvalue weighted by Crippen LogP contribution is -2.50. The Hall–Kier alpha value is -0.980. The molecule has 21 heavy (non-hydrogen) atoms. The third-order valence-corrected chi connectivity index (χ3v) is 4.94. The van der Waals surface area contributed by atoms with E-state index >= 15 is 0 Å². The molecule has 1 aliphatic heterocycles. The minimum atomic E-state index is 0.764. The fraction of sp³-hybridized carbons (Fsp3) is 0.400. The van der Waals surface area contributed by atoms with Crippen molar-refractivity contribution in [3.8, 4) is 10.4 Å². The smallest absolute Gasteiger partial charge is 0.108 e. The van der Waals surface area contributed by atoms with E-state index in [-0.39, 0.29) is 0 Å². The Morgan fingerprint density at radius 2 is 1.90 bits per heavy atom. The second kappa shape index (κ2) is 6.85. The van der Waals surface area contributed by atoms with Crippen molar-refractivity contribution in [3.63, 3.8) is 0 Å². The standard InChI is InChI=1S/C15H19ClN4S/c1-19-6-8-20(9-7-19)18-11-15-17-10-14(21-15)12-2-4-13(16)5-3-12/h2-5,10,18H,6-9,11H2,1H3. The quantitative estimate of drug-likeness (QED) is 0.938. The van der Waals surface area contributed by atoms with Gasteiger partial charge in [-0.3, -0.25) is 0 Å². The van der Waals surface area contributed by atoms with Gasteiger partial charge >= 0.3 is 0 Å². The summed E-state index contributed by atoms with van der Waals surface area (Å²) in [5.74, 6) is 0. The second-order valence-electron chi connectivity index (χ2n) is 5.25. The van der Waals surface area contributed by atoms with Crippen molar-refractivity contribution in [2.45, 2.75) is 6.54 Å². The van der Waals surface area contributed by atoms with Crippen molar-refractivity contribution in [2.75, 3.05) is 33.2 Å². The maximum absolute atomic E-state index is 5.92. The van der Waals surface area contributed by atoms with Gasteiger partial charge in [0.2, 0.25) is 0 Å². The Kier molecular flexibility index (Phi) is 4.87. The van der Waals surface area contributed by atoms with Crippen LogP contribution in [0.15, 0.2) is 30.5 Å². The average Bonchev–Trinajstić information content (AvgIpc) is 2.96. The van der Waals surface area contributed by atoms with Crippen molar-refractivity contribution in [3.05, 3.63) is 40.5 Å². The molecule has 0 spiro atoms. The van der Waals surface area contributed by atoms with Gasteiger partial charge in [0.05, 0.1) is 11.4 Å². The number of nitrogens with zero attached hydrogens (tertiary/aromatic N) is 3. The van der Waals surface area contributed by atoms with E-state index < -0.39 is 0 Å². The zero-order chi connectivity index (χ0) is 14.7. The highest BCUT2D eigenvalue weighted by atomic mass is 35.5. The van der Waals surface area contributed by atoms with Gasteiger partial charge in [0.15, 0.2) is 0 Å². The first-order valence-corrected chi connectivity index (χ1v) is 8.28. The summed E-state index contributed by atoms with van der Waals surface area (Å²) in [6, 6.07) is 7.90. The van der Waals surface area contributed by atoms with Gasteiger partial charge in [0.1, 0.15) is 5.01 Å². The van der Waals surface area contributed by atoms with Crippen LogP contribution in [0.4, 0.5) is 0 Å². The zero-order valence-corrected chi connectivity index (χ0v) is 13.6. The van der Waals surface area contributed by atoms with E-state index in [4.69, 9.17) is 11.6 Å². The maximum atomic E-state index is 5.92. The van der Waals surface area contributed by atoms with E-state index in [0.29, 0.717) is 0 Å². The van der Waals surface area contributed by atoms with Crippen LogP contribution in [0.25, 0.3) is 10.4 Å². The molecule has 0 saturated carbocycles. The molecule has 6 heteroatoms. The molecule has 1 aromatic carbocycles. The van der Waals surface area contributed by atoms with Crippen LogP contribution in [0.3, 0.4) is 0 Å². The van der Waals surface area contributed by atoms with E-state index in [1.54, 1.807) is 11.3 Å². The molecular weight excluding hydrogens is 304 g/mol. The van der Waals surface area contributed by atoms with E-state index in [1.165, 1.54) is 10.4 Å². The third-order valence-electron chi connectivity index (χ3n) is 3.64. The van der Waals surface area contributed by atoms with Crippen molar-refractivity contribution >= 4 is 22.9 Å². The van der Waals surface area contributed by atoms with Crippen LogP contribution in [-0.4, -0.2) is 48.1 Å². The van der Waals surface area contributed by atoms with Crippen LogP contribution in [0.1, 0.15) is 5.01 Å². The normalized spacial score (nSPS) is 17.2. The van der Waals surface area contributed by atoms with Gasteiger partial charge in [-0.15, -0.1) is 11.3 Å². The summed E-state index contributed by atoms with van der Waals surface area (Å²) in [6.45, 7) is 5.14. The molecule has 0 radical (unpaired) electrons. The molecule has 2 heterocycles. The van der Waals surface area contributed by atoms with Crippen molar-refractivity contribution < 1.29 is 0 Å². The molecule has 0 aliphatic carbocycles.